The van der Waals surface area contributed by atoms with Gasteiger partial charge in [-0.15, -0.1) is 0 Å². The number of carbonyl (C=O) groups is 1. The number of benzene rings is 1. The first-order chi connectivity index (χ1) is 9.81. The van der Waals surface area contributed by atoms with Crippen molar-refractivity contribution in [3.63, 3.8) is 0 Å². The van der Waals surface area contributed by atoms with Crippen LogP contribution in [0, 0.1) is 20.2 Å². The Morgan fingerprint density at radius 3 is 2.48 bits per heavy atom. The number of non-ortho nitro benzene ring substituents is 1. The third kappa shape index (κ3) is 2.74. The zero-order valence-corrected chi connectivity index (χ0v) is 10.6. The van der Waals surface area contributed by atoms with Crippen LogP contribution in [0.25, 0.3) is 0 Å². The Hall–Kier alpha value is -2.75. The first-order valence-electron chi connectivity index (χ1n) is 5.91. The van der Waals surface area contributed by atoms with Gasteiger partial charge in [0.15, 0.2) is 0 Å². The third-order valence-electron chi connectivity index (χ3n) is 3.24. The van der Waals surface area contributed by atoms with Gasteiger partial charge in [0, 0.05) is 19.0 Å². The molecule has 1 aromatic carbocycles. The molecular weight excluding hydrogens is 286 g/mol. The largest absolute Gasteiger partial charge is 0.480 e. The van der Waals surface area contributed by atoms with E-state index in [-0.39, 0.29) is 18.7 Å². The maximum absolute atomic E-state index is 11.2. The van der Waals surface area contributed by atoms with E-state index in [2.05, 4.69) is 0 Å². The molecule has 1 saturated heterocycles. The van der Waals surface area contributed by atoms with Gasteiger partial charge >= 0.3 is 5.97 Å². The summed E-state index contributed by atoms with van der Waals surface area (Å²) in [5.74, 6) is -1.22. The molecule has 21 heavy (non-hydrogen) atoms. The molecule has 1 aliphatic rings. The van der Waals surface area contributed by atoms with Crippen LogP contribution in [-0.2, 0) is 4.79 Å². The maximum atomic E-state index is 11.2. The highest BCUT2D eigenvalue weighted by Crippen LogP contribution is 2.36. The summed E-state index contributed by atoms with van der Waals surface area (Å²) in [6, 6.07) is 1.86. The van der Waals surface area contributed by atoms with Crippen molar-refractivity contribution >= 4 is 23.0 Å². The second-order valence-electron chi connectivity index (χ2n) is 4.58. The smallest absolute Gasteiger partial charge is 0.326 e. The van der Waals surface area contributed by atoms with Crippen LogP contribution < -0.4 is 4.90 Å². The number of hydrogen-bond acceptors (Lipinski definition) is 7. The van der Waals surface area contributed by atoms with Gasteiger partial charge in [0.1, 0.15) is 11.7 Å². The summed E-state index contributed by atoms with van der Waals surface area (Å²) in [5.41, 5.74) is -1.09. The molecule has 0 aromatic heterocycles. The van der Waals surface area contributed by atoms with E-state index in [0.29, 0.717) is 0 Å². The summed E-state index contributed by atoms with van der Waals surface area (Å²) in [6.45, 7) is -0.0877. The molecule has 1 fully saturated rings. The van der Waals surface area contributed by atoms with E-state index in [1.165, 1.54) is 4.90 Å². The van der Waals surface area contributed by atoms with E-state index < -0.39 is 39.3 Å². The van der Waals surface area contributed by atoms with Gasteiger partial charge < -0.3 is 15.1 Å². The average Bonchev–Trinajstić information content (AvgIpc) is 2.80. The minimum atomic E-state index is -1.22. The number of aliphatic hydroxyl groups is 1. The van der Waals surface area contributed by atoms with Gasteiger partial charge in [0.25, 0.3) is 11.4 Å². The molecule has 1 aliphatic heterocycles. The van der Waals surface area contributed by atoms with E-state index in [0.717, 1.165) is 18.2 Å². The van der Waals surface area contributed by atoms with Crippen molar-refractivity contribution in [1.82, 2.24) is 0 Å². The minimum absolute atomic E-state index is 0.0606. The van der Waals surface area contributed by atoms with Crippen molar-refractivity contribution in [3.8, 4) is 0 Å². The number of hydrogen-bond donors (Lipinski definition) is 2. The number of carboxylic acid groups (broad SMARTS) is 1. The van der Waals surface area contributed by atoms with Crippen molar-refractivity contribution in [2.24, 2.45) is 0 Å². The summed E-state index contributed by atoms with van der Waals surface area (Å²) in [6.07, 6.45) is -0.996. The molecule has 0 aliphatic carbocycles. The fourth-order valence-corrected chi connectivity index (χ4v) is 2.33. The molecule has 1 aromatic rings. The second kappa shape index (κ2) is 5.32. The lowest BCUT2D eigenvalue weighted by molar-refractivity contribution is -0.393. The van der Waals surface area contributed by atoms with Gasteiger partial charge in [0.05, 0.1) is 22.0 Å². The molecule has 1 heterocycles. The minimum Gasteiger partial charge on any atom is -0.480 e. The van der Waals surface area contributed by atoms with Crippen LogP contribution in [0.15, 0.2) is 18.2 Å². The number of nitro benzene ring substituents is 2. The Kier molecular flexibility index (Phi) is 3.72. The number of rotatable bonds is 4. The van der Waals surface area contributed by atoms with Gasteiger partial charge in [0.2, 0.25) is 0 Å². The fraction of sp³-hybridized carbons (Fsp3) is 0.364. The highest BCUT2D eigenvalue weighted by molar-refractivity contribution is 5.81. The monoisotopic (exact) mass is 297 g/mol. The number of nitrogens with zero attached hydrogens (tertiary/aromatic N) is 3. The van der Waals surface area contributed by atoms with E-state index in [9.17, 15) is 30.1 Å². The lowest BCUT2D eigenvalue weighted by Crippen LogP contribution is -2.36. The van der Waals surface area contributed by atoms with Gasteiger partial charge in [-0.3, -0.25) is 20.2 Å². The van der Waals surface area contributed by atoms with Crippen LogP contribution in [-0.4, -0.2) is 44.7 Å². The predicted octanol–water partition coefficient (Wildman–Crippen LogP) is 0.527. The zero-order chi connectivity index (χ0) is 15.7. The van der Waals surface area contributed by atoms with Crippen LogP contribution in [0.3, 0.4) is 0 Å². The maximum Gasteiger partial charge on any atom is 0.326 e. The number of aliphatic carboxylic acids is 1. The normalized spacial score (nSPS) is 21.3. The Bertz CT molecular complexity index is 618. The van der Waals surface area contributed by atoms with Crippen molar-refractivity contribution in [1.29, 1.82) is 0 Å². The molecule has 0 amide bonds. The molecule has 112 valence electrons. The molecular formula is C11H11N3O7. The quantitative estimate of drug-likeness (QED) is 0.604. The standard InChI is InChI=1S/C11H11N3O7/c15-7-4-10(11(16)17)12(5-7)8-2-1-6(13(18)19)3-9(8)14(20)21/h1-3,7,10,15H,4-5H2,(H,16,17). The summed E-state index contributed by atoms with van der Waals surface area (Å²) < 4.78 is 0. The topological polar surface area (TPSA) is 147 Å². The Morgan fingerprint density at radius 2 is 1.95 bits per heavy atom. The molecule has 2 unspecified atom stereocenters. The van der Waals surface area contributed by atoms with E-state index in [1.54, 1.807) is 0 Å². The number of aliphatic hydroxyl groups excluding tert-OH is 1. The SMILES string of the molecule is O=C(O)C1CC(O)CN1c1ccc([N+](=O)[O-])cc1[N+](=O)[O-]. The van der Waals surface area contributed by atoms with Gasteiger partial charge in [-0.1, -0.05) is 0 Å². The number of carboxylic acids is 1. The second-order valence-corrected chi connectivity index (χ2v) is 4.58. The summed E-state index contributed by atoms with van der Waals surface area (Å²) in [4.78, 5) is 32.5. The van der Waals surface area contributed by atoms with E-state index >= 15 is 0 Å². The number of β-amino-alcohol motifs (C(OH)–C–C–N with tert-alkyl or cyclic N) is 1. The van der Waals surface area contributed by atoms with Gasteiger partial charge in [-0.25, -0.2) is 4.79 Å². The lowest BCUT2D eigenvalue weighted by Gasteiger charge is -2.22. The highest BCUT2D eigenvalue weighted by atomic mass is 16.6. The molecule has 10 heteroatoms. The van der Waals surface area contributed by atoms with E-state index in [4.69, 9.17) is 5.11 Å². The van der Waals surface area contributed by atoms with Crippen LogP contribution in [0.2, 0.25) is 0 Å². The zero-order valence-electron chi connectivity index (χ0n) is 10.6. The number of nitro groups is 2. The van der Waals surface area contributed by atoms with Crippen LogP contribution in [0.5, 0.6) is 0 Å². The molecule has 0 spiro atoms. The lowest BCUT2D eigenvalue weighted by atomic mass is 10.1. The summed E-state index contributed by atoms with van der Waals surface area (Å²) in [5, 5.41) is 40.4. The van der Waals surface area contributed by atoms with Crippen molar-refractivity contribution < 1.29 is 24.9 Å². The number of anilines is 1. The average molecular weight is 297 g/mol. The summed E-state index contributed by atoms with van der Waals surface area (Å²) in [7, 11) is 0. The fourth-order valence-electron chi connectivity index (χ4n) is 2.33. The van der Waals surface area contributed by atoms with Crippen LogP contribution in [0.1, 0.15) is 6.42 Å². The van der Waals surface area contributed by atoms with Gasteiger partial charge in [-0.2, -0.15) is 0 Å². The highest BCUT2D eigenvalue weighted by Gasteiger charge is 2.39. The first-order valence-corrected chi connectivity index (χ1v) is 5.91. The molecule has 2 rings (SSSR count). The molecule has 0 bridgehead atoms. The van der Waals surface area contributed by atoms with E-state index in [1.807, 2.05) is 0 Å². The Labute approximate surface area is 117 Å². The Morgan fingerprint density at radius 1 is 1.29 bits per heavy atom. The predicted molar refractivity (Wildman–Crippen MR) is 69.1 cm³/mol. The van der Waals surface area contributed by atoms with Crippen LogP contribution in [0.4, 0.5) is 17.1 Å². The molecule has 2 atom stereocenters. The molecule has 10 nitrogen and oxygen atoms in total. The van der Waals surface area contributed by atoms with Crippen LogP contribution >= 0.6 is 0 Å². The molecule has 2 N–H and O–H groups in total. The molecule has 0 saturated carbocycles. The van der Waals surface area contributed by atoms with Crippen molar-refractivity contribution in [2.75, 3.05) is 11.4 Å². The third-order valence-corrected chi connectivity index (χ3v) is 3.24. The van der Waals surface area contributed by atoms with Gasteiger partial charge in [-0.05, 0) is 6.07 Å². The van der Waals surface area contributed by atoms with Crippen molar-refractivity contribution in [3.05, 3.63) is 38.4 Å². The van der Waals surface area contributed by atoms with Crippen molar-refractivity contribution in [2.45, 2.75) is 18.6 Å². The Balaban J connectivity index is 2.50. The first kappa shape index (κ1) is 14.7. The molecule has 0 radical (unpaired) electrons. The summed E-state index contributed by atoms with van der Waals surface area (Å²) >= 11 is 0.